The Bertz CT molecular complexity index is 335. The highest BCUT2D eigenvalue weighted by molar-refractivity contribution is 5.33. The van der Waals surface area contributed by atoms with Crippen LogP contribution < -0.4 is 4.74 Å². The van der Waals surface area contributed by atoms with E-state index in [0.29, 0.717) is 12.0 Å². The SMILES string of the molecule is CC[C@H]1CCO[C@@H]1Cc1ccccc1OC. The topological polar surface area (TPSA) is 18.5 Å². The zero-order valence-electron chi connectivity index (χ0n) is 10.1. The number of para-hydroxylation sites is 1. The van der Waals surface area contributed by atoms with Gasteiger partial charge >= 0.3 is 0 Å². The molecule has 0 aromatic heterocycles. The molecular weight excluding hydrogens is 200 g/mol. The highest BCUT2D eigenvalue weighted by Gasteiger charge is 2.27. The van der Waals surface area contributed by atoms with E-state index in [2.05, 4.69) is 19.1 Å². The first-order valence-corrected chi connectivity index (χ1v) is 6.08. The predicted octanol–water partition coefficient (Wildman–Crippen LogP) is 3.05. The van der Waals surface area contributed by atoms with E-state index in [1.807, 2.05) is 12.1 Å². The van der Waals surface area contributed by atoms with Gasteiger partial charge in [-0.2, -0.15) is 0 Å². The molecule has 88 valence electrons. The molecule has 2 atom stereocenters. The van der Waals surface area contributed by atoms with Crippen molar-refractivity contribution in [3.8, 4) is 5.75 Å². The molecule has 16 heavy (non-hydrogen) atoms. The van der Waals surface area contributed by atoms with Crippen molar-refractivity contribution in [1.29, 1.82) is 0 Å². The fourth-order valence-electron chi connectivity index (χ4n) is 2.47. The van der Waals surface area contributed by atoms with Gasteiger partial charge in [0.25, 0.3) is 0 Å². The quantitative estimate of drug-likeness (QED) is 0.776. The van der Waals surface area contributed by atoms with Gasteiger partial charge in [0.05, 0.1) is 13.2 Å². The molecular formula is C14H20O2. The molecule has 1 heterocycles. The number of methoxy groups -OCH3 is 1. The van der Waals surface area contributed by atoms with Crippen molar-refractivity contribution in [2.45, 2.75) is 32.3 Å². The van der Waals surface area contributed by atoms with E-state index in [1.165, 1.54) is 18.4 Å². The molecule has 0 N–H and O–H groups in total. The first-order valence-electron chi connectivity index (χ1n) is 6.08. The van der Waals surface area contributed by atoms with Crippen LogP contribution in [-0.4, -0.2) is 19.8 Å². The summed E-state index contributed by atoms with van der Waals surface area (Å²) in [6.45, 7) is 3.16. The van der Waals surface area contributed by atoms with Gasteiger partial charge in [0, 0.05) is 13.0 Å². The summed E-state index contributed by atoms with van der Waals surface area (Å²) in [4.78, 5) is 0. The lowest BCUT2D eigenvalue weighted by molar-refractivity contribution is 0.0894. The monoisotopic (exact) mass is 220 g/mol. The largest absolute Gasteiger partial charge is 0.496 e. The third kappa shape index (κ3) is 2.38. The van der Waals surface area contributed by atoms with Crippen molar-refractivity contribution in [2.24, 2.45) is 5.92 Å². The standard InChI is InChI=1S/C14H20O2/c1-3-11-8-9-16-14(11)10-12-6-4-5-7-13(12)15-2/h4-7,11,14H,3,8-10H2,1-2H3/t11-,14+/m0/s1. The summed E-state index contributed by atoms with van der Waals surface area (Å²) in [7, 11) is 1.73. The van der Waals surface area contributed by atoms with Crippen LogP contribution in [-0.2, 0) is 11.2 Å². The number of ether oxygens (including phenoxy) is 2. The maximum Gasteiger partial charge on any atom is 0.122 e. The number of rotatable bonds is 4. The predicted molar refractivity (Wildman–Crippen MR) is 64.8 cm³/mol. The van der Waals surface area contributed by atoms with Gasteiger partial charge in [-0.3, -0.25) is 0 Å². The molecule has 0 radical (unpaired) electrons. The molecule has 0 saturated carbocycles. The zero-order chi connectivity index (χ0) is 11.4. The van der Waals surface area contributed by atoms with Gasteiger partial charge in [-0.25, -0.2) is 0 Å². The summed E-state index contributed by atoms with van der Waals surface area (Å²) in [5.74, 6) is 1.69. The fraction of sp³-hybridized carbons (Fsp3) is 0.571. The number of hydrogen-bond donors (Lipinski definition) is 0. The minimum Gasteiger partial charge on any atom is -0.496 e. The molecule has 1 saturated heterocycles. The second kappa shape index (κ2) is 5.35. The summed E-state index contributed by atoms with van der Waals surface area (Å²) in [5.41, 5.74) is 1.26. The average molecular weight is 220 g/mol. The lowest BCUT2D eigenvalue weighted by Gasteiger charge is -2.18. The van der Waals surface area contributed by atoms with E-state index < -0.39 is 0 Å². The maximum absolute atomic E-state index is 5.80. The van der Waals surface area contributed by atoms with Crippen molar-refractivity contribution in [2.75, 3.05) is 13.7 Å². The molecule has 0 unspecified atom stereocenters. The van der Waals surface area contributed by atoms with Crippen LogP contribution in [0.5, 0.6) is 5.75 Å². The molecule has 0 amide bonds. The Balaban J connectivity index is 2.08. The van der Waals surface area contributed by atoms with Crippen LogP contribution in [0.25, 0.3) is 0 Å². The summed E-state index contributed by atoms with van der Waals surface area (Å²) in [5, 5.41) is 0. The Morgan fingerprint density at radius 1 is 1.38 bits per heavy atom. The molecule has 2 rings (SSSR count). The van der Waals surface area contributed by atoms with Crippen LogP contribution >= 0.6 is 0 Å². The lowest BCUT2D eigenvalue weighted by atomic mass is 9.93. The van der Waals surface area contributed by atoms with Crippen LogP contribution in [0.15, 0.2) is 24.3 Å². The number of benzene rings is 1. The maximum atomic E-state index is 5.80. The molecule has 0 spiro atoms. The highest BCUT2D eigenvalue weighted by atomic mass is 16.5. The second-order valence-electron chi connectivity index (χ2n) is 4.38. The van der Waals surface area contributed by atoms with Gasteiger partial charge in [-0.1, -0.05) is 31.5 Å². The normalized spacial score (nSPS) is 24.6. The molecule has 1 aliphatic rings. The van der Waals surface area contributed by atoms with E-state index in [-0.39, 0.29) is 0 Å². The average Bonchev–Trinajstić information content (AvgIpc) is 2.77. The lowest BCUT2D eigenvalue weighted by Crippen LogP contribution is -2.18. The summed E-state index contributed by atoms with van der Waals surface area (Å²) in [6.07, 6.45) is 3.76. The van der Waals surface area contributed by atoms with Crippen LogP contribution in [0.4, 0.5) is 0 Å². The molecule has 1 aliphatic heterocycles. The Hall–Kier alpha value is -1.02. The summed E-state index contributed by atoms with van der Waals surface area (Å²) < 4.78 is 11.2. The zero-order valence-corrected chi connectivity index (χ0v) is 10.1. The Labute approximate surface area is 97.6 Å². The van der Waals surface area contributed by atoms with Crippen LogP contribution in [0, 0.1) is 5.92 Å². The van der Waals surface area contributed by atoms with E-state index in [9.17, 15) is 0 Å². The van der Waals surface area contributed by atoms with Crippen LogP contribution in [0.1, 0.15) is 25.3 Å². The smallest absolute Gasteiger partial charge is 0.122 e. The van der Waals surface area contributed by atoms with E-state index >= 15 is 0 Å². The third-order valence-electron chi connectivity index (χ3n) is 3.48. The Morgan fingerprint density at radius 2 is 2.19 bits per heavy atom. The van der Waals surface area contributed by atoms with Gasteiger partial charge in [0.15, 0.2) is 0 Å². The molecule has 2 heteroatoms. The van der Waals surface area contributed by atoms with Crippen molar-refractivity contribution in [3.63, 3.8) is 0 Å². The molecule has 0 aliphatic carbocycles. The summed E-state index contributed by atoms with van der Waals surface area (Å²) in [6, 6.07) is 8.22. The van der Waals surface area contributed by atoms with Gasteiger partial charge in [0.2, 0.25) is 0 Å². The Morgan fingerprint density at radius 3 is 2.94 bits per heavy atom. The fourth-order valence-corrected chi connectivity index (χ4v) is 2.47. The van der Waals surface area contributed by atoms with E-state index in [4.69, 9.17) is 9.47 Å². The minimum atomic E-state index is 0.376. The first kappa shape index (κ1) is 11.5. The van der Waals surface area contributed by atoms with Crippen LogP contribution in [0.2, 0.25) is 0 Å². The Kier molecular flexibility index (Phi) is 3.83. The van der Waals surface area contributed by atoms with Gasteiger partial charge in [0.1, 0.15) is 5.75 Å². The van der Waals surface area contributed by atoms with Crippen molar-refractivity contribution in [3.05, 3.63) is 29.8 Å². The first-order chi connectivity index (χ1) is 7.85. The van der Waals surface area contributed by atoms with Crippen LogP contribution in [0.3, 0.4) is 0 Å². The molecule has 0 bridgehead atoms. The second-order valence-corrected chi connectivity index (χ2v) is 4.38. The molecule has 1 fully saturated rings. The van der Waals surface area contributed by atoms with Crippen molar-refractivity contribution >= 4 is 0 Å². The van der Waals surface area contributed by atoms with Gasteiger partial charge in [-0.05, 0) is 24.0 Å². The number of hydrogen-bond acceptors (Lipinski definition) is 2. The molecule has 1 aromatic rings. The van der Waals surface area contributed by atoms with E-state index in [1.54, 1.807) is 7.11 Å². The van der Waals surface area contributed by atoms with Gasteiger partial charge < -0.3 is 9.47 Å². The third-order valence-corrected chi connectivity index (χ3v) is 3.48. The van der Waals surface area contributed by atoms with Crippen molar-refractivity contribution in [1.82, 2.24) is 0 Å². The highest BCUT2D eigenvalue weighted by Crippen LogP contribution is 2.29. The molecule has 1 aromatic carbocycles. The molecule has 2 nitrogen and oxygen atoms in total. The van der Waals surface area contributed by atoms with Crippen molar-refractivity contribution < 1.29 is 9.47 Å². The minimum absolute atomic E-state index is 0.376. The van der Waals surface area contributed by atoms with Gasteiger partial charge in [-0.15, -0.1) is 0 Å². The van der Waals surface area contributed by atoms with E-state index in [0.717, 1.165) is 18.8 Å². The summed E-state index contributed by atoms with van der Waals surface area (Å²) >= 11 is 0.